The molecule has 15 heavy (non-hydrogen) atoms. The SMILES string of the molecule is CCC1CCCCC2CC1C1CC1C2C. The molecule has 86 valence electrons. The normalized spacial score (nSPS) is 54.0. The summed E-state index contributed by atoms with van der Waals surface area (Å²) in [5.41, 5.74) is 0. The smallest absolute Gasteiger partial charge is 0.0349 e. The largest absolute Gasteiger partial charge is 0.0651 e. The lowest BCUT2D eigenvalue weighted by molar-refractivity contribution is 0.101. The molecule has 3 aliphatic rings. The Morgan fingerprint density at radius 3 is 2.53 bits per heavy atom. The Morgan fingerprint density at radius 1 is 0.933 bits per heavy atom. The summed E-state index contributed by atoms with van der Waals surface area (Å²) in [6, 6.07) is 0. The molecular formula is C15H26. The van der Waals surface area contributed by atoms with Crippen molar-refractivity contribution in [1.29, 1.82) is 0 Å². The fraction of sp³-hybridized carbons (Fsp3) is 1.00. The van der Waals surface area contributed by atoms with Crippen LogP contribution >= 0.6 is 0 Å². The molecule has 0 aromatic rings. The molecule has 0 aromatic heterocycles. The zero-order chi connectivity index (χ0) is 10.4. The van der Waals surface area contributed by atoms with E-state index in [4.69, 9.17) is 0 Å². The Labute approximate surface area is 94.8 Å². The summed E-state index contributed by atoms with van der Waals surface area (Å²) in [5, 5.41) is 0. The maximum Gasteiger partial charge on any atom is -0.0349 e. The summed E-state index contributed by atoms with van der Waals surface area (Å²) in [4.78, 5) is 0. The van der Waals surface area contributed by atoms with Gasteiger partial charge < -0.3 is 0 Å². The van der Waals surface area contributed by atoms with Crippen molar-refractivity contribution in [2.75, 3.05) is 0 Å². The van der Waals surface area contributed by atoms with Crippen LogP contribution in [0.1, 0.15) is 58.8 Å². The quantitative estimate of drug-likeness (QED) is 0.593. The zero-order valence-electron chi connectivity index (χ0n) is 10.4. The predicted molar refractivity (Wildman–Crippen MR) is 64.6 cm³/mol. The second-order valence-corrected chi connectivity index (χ2v) is 6.53. The van der Waals surface area contributed by atoms with Crippen molar-refractivity contribution in [2.24, 2.45) is 35.5 Å². The maximum absolute atomic E-state index is 2.55. The summed E-state index contributed by atoms with van der Waals surface area (Å²) in [6.07, 6.45) is 10.8. The third-order valence-electron chi connectivity index (χ3n) is 5.96. The van der Waals surface area contributed by atoms with E-state index in [1.807, 2.05) is 0 Å². The van der Waals surface area contributed by atoms with Crippen LogP contribution in [-0.2, 0) is 0 Å². The Bertz CT molecular complexity index is 228. The average Bonchev–Trinajstić information content (AvgIpc) is 2.97. The first-order chi connectivity index (χ1) is 7.31. The molecule has 3 fully saturated rings. The monoisotopic (exact) mass is 206 g/mol. The van der Waals surface area contributed by atoms with E-state index in [9.17, 15) is 0 Å². The second-order valence-electron chi connectivity index (χ2n) is 6.53. The Balaban J connectivity index is 1.79. The minimum absolute atomic E-state index is 1.07. The fourth-order valence-electron chi connectivity index (χ4n) is 4.88. The molecule has 3 rings (SSSR count). The van der Waals surface area contributed by atoms with E-state index in [1.54, 1.807) is 25.7 Å². The molecule has 0 amide bonds. The lowest BCUT2D eigenvalue weighted by atomic mass is 9.66. The van der Waals surface area contributed by atoms with Crippen LogP contribution in [0.2, 0.25) is 0 Å². The van der Waals surface area contributed by atoms with E-state index in [-0.39, 0.29) is 0 Å². The van der Waals surface area contributed by atoms with Crippen LogP contribution in [0.25, 0.3) is 0 Å². The van der Waals surface area contributed by atoms with Crippen LogP contribution in [0.3, 0.4) is 0 Å². The molecule has 0 aliphatic heterocycles. The average molecular weight is 206 g/mol. The first-order valence-corrected chi connectivity index (χ1v) is 7.31. The van der Waals surface area contributed by atoms with E-state index in [1.165, 1.54) is 25.2 Å². The van der Waals surface area contributed by atoms with Gasteiger partial charge in [-0.1, -0.05) is 46.0 Å². The van der Waals surface area contributed by atoms with E-state index < -0.39 is 0 Å². The van der Waals surface area contributed by atoms with Crippen LogP contribution in [0.4, 0.5) is 0 Å². The predicted octanol–water partition coefficient (Wildman–Crippen LogP) is 4.49. The van der Waals surface area contributed by atoms with Crippen molar-refractivity contribution < 1.29 is 0 Å². The number of fused-ring (bicyclic) bond motifs is 4. The van der Waals surface area contributed by atoms with E-state index in [0.717, 1.165) is 29.6 Å². The molecule has 0 nitrogen and oxygen atoms in total. The van der Waals surface area contributed by atoms with Crippen LogP contribution in [0.15, 0.2) is 0 Å². The van der Waals surface area contributed by atoms with Gasteiger partial charge in [0, 0.05) is 0 Å². The highest BCUT2D eigenvalue weighted by Crippen LogP contribution is 2.61. The molecule has 0 N–H and O–H groups in total. The van der Waals surface area contributed by atoms with Crippen molar-refractivity contribution in [3.63, 3.8) is 0 Å². The molecule has 6 unspecified atom stereocenters. The zero-order valence-corrected chi connectivity index (χ0v) is 10.4. The number of rotatable bonds is 1. The van der Waals surface area contributed by atoms with Crippen LogP contribution < -0.4 is 0 Å². The van der Waals surface area contributed by atoms with Crippen LogP contribution in [-0.4, -0.2) is 0 Å². The molecule has 0 spiro atoms. The molecule has 0 heterocycles. The fourth-order valence-corrected chi connectivity index (χ4v) is 4.88. The summed E-state index contributed by atoms with van der Waals surface area (Å²) in [7, 11) is 0. The van der Waals surface area contributed by atoms with Gasteiger partial charge in [-0.25, -0.2) is 0 Å². The highest BCUT2D eigenvalue weighted by molar-refractivity contribution is 5.02. The summed E-state index contributed by atoms with van der Waals surface area (Å²) in [6.45, 7) is 4.98. The van der Waals surface area contributed by atoms with E-state index in [0.29, 0.717) is 0 Å². The van der Waals surface area contributed by atoms with Gasteiger partial charge >= 0.3 is 0 Å². The minimum Gasteiger partial charge on any atom is -0.0651 e. The summed E-state index contributed by atoms with van der Waals surface area (Å²) in [5.74, 6) is 6.73. The van der Waals surface area contributed by atoms with Gasteiger partial charge in [0.2, 0.25) is 0 Å². The molecule has 0 saturated heterocycles. The van der Waals surface area contributed by atoms with Gasteiger partial charge in [-0.3, -0.25) is 0 Å². The summed E-state index contributed by atoms with van der Waals surface area (Å²) >= 11 is 0. The third kappa shape index (κ3) is 1.65. The summed E-state index contributed by atoms with van der Waals surface area (Å²) < 4.78 is 0. The maximum atomic E-state index is 2.55. The Kier molecular flexibility index (Phi) is 2.57. The van der Waals surface area contributed by atoms with E-state index in [2.05, 4.69) is 13.8 Å². The first-order valence-electron chi connectivity index (χ1n) is 7.31. The van der Waals surface area contributed by atoms with Gasteiger partial charge in [-0.15, -0.1) is 0 Å². The van der Waals surface area contributed by atoms with Crippen molar-refractivity contribution in [2.45, 2.75) is 58.8 Å². The standard InChI is InChI=1S/C15H26/c1-3-11-6-4-5-7-12-8-14(11)15-9-13(15)10(12)2/h10-15H,3-9H2,1-2H3. The highest BCUT2D eigenvalue weighted by Gasteiger charge is 2.53. The van der Waals surface area contributed by atoms with Crippen molar-refractivity contribution >= 4 is 0 Å². The topological polar surface area (TPSA) is 0 Å². The molecule has 2 bridgehead atoms. The lowest BCUT2D eigenvalue weighted by Gasteiger charge is -2.40. The van der Waals surface area contributed by atoms with E-state index >= 15 is 0 Å². The highest BCUT2D eigenvalue weighted by atomic mass is 14.6. The molecule has 3 aliphatic carbocycles. The van der Waals surface area contributed by atoms with Gasteiger partial charge in [-0.05, 0) is 48.3 Å². The van der Waals surface area contributed by atoms with Crippen molar-refractivity contribution in [1.82, 2.24) is 0 Å². The van der Waals surface area contributed by atoms with Crippen LogP contribution in [0, 0.1) is 35.5 Å². The number of hydrogen-bond donors (Lipinski definition) is 0. The molecule has 0 radical (unpaired) electrons. The molecule has 6 atom stereocenters. The Morgan fingerprint density at radius 2 is 1.73 bits per heavy atom. The van der Waals surface area contributed by atoms with Crippen molar-refractivity contribution in [3.05, 3.63) is 0 Å². The molecular weight excluding hydrogens is 180 g/mol. The van der Waals surface area contributed by atoms with Gasteiger partial charge in [0.05, 0.1) is 0 Å². The molecule has 0 heteroatoms. The van der Waals surface area contributed by atoms with Gasteiger partial charge in [0.15, 0.2) is 0 Å². The van der Waals surface area contributed by atoms with Crippen LogP contribution in [0.5, 0.6) is 0 Å². The van der Waals surface area contributed by atoms with Gasteiger partial charge in [-0.2, -0.15) is 0 Å². The van der Waals surface area contributed by atoms with Gasteiger partial charge in [0.1, 0.15) is 0 Å². The third-order valence-corrected chi connectivity index (χ3v) is 5.96. The van der Waals surface area contributed by atoms with Gasteiger partial charge in [0.25, 0.3) is 0 Å². The van der Waals surface area contributed by atoms with Crippen molar-refractivity contribution in [3.8, 4) is 0 Å². The lowest BCUT2D eigenvalue weighted by Crippen LogP contribution is -2.31. The second kappa shape index (κ2) is 3.79. The minimum atomic E-state index is 1.07. The number of hydrogen-bond acceptors (Lipinski definition) is 0. The molecule has 3 saturated carbocycles. The molecule has 0 aromatic carbocycles. The Hall–Kier alpha value is 0. The first kappa shape index (κ1) is 10.2.